The van der Waals surface area contributed by atoms with Gasteiger partial charge in [-0.1, -0.05) is 11.6 Å². The molecule has 0 spiro atoms. The van der Waals surface area contributed by atoms with Crippen molar-refractivity contribution in [1.29, 1.82) is 0 Å². The van der Waals surface area contributed by atoms with E-state index in [1.54, 1.807) is 6.92 Å². The van der Waals surface area contributed by atoms with Crippen molar-refractivity contribution in [3.05, 3.63) is 57.0 Å². The lowest BCUT2D eigenvalue weighted by Gasteiger charge is -2.11. The average Bonchev–Trinajstić information content (AvgIpc) is 3.25. The zero-order valence-electron chi connectivity index (χ0n) is 16.5. The highest BCUT2D eigenvalue weighted by Gasteiger charge is 2.34. The molecular weight excluding hydrogens is 505 g/mol. The molecule has 0 radical (unpaired) electrons. The Bertz CT molecular complexity index is 1180. The van der Waals surface area contributed by atoms with Crippen LogP contribution in [0.3, 0.4) is 0 Å². The van der Waals surface area contributed by atoms with Gasteiger partial charge in [0.25, 0.3) is 11.8 Å². The number of carbonyl (C=O) groups excluding carboxylic acids is 2. The molecule has 0 aliphatic heterocycles. The molecule has 0 aromatic carbocycles. The summed E-state index contributed by atoms with van der Waals surface area (Å²) < 4.78 is 41.6. The van der Waals surface area contributed by atoms with E-state index in [9.17, 15) is 22.8 Å². The van der Waals surface area contributed by atoms with Gasteiger partial charge in [0.15, 0.2) is 0 Å². The lowest BCUT2D eigenvalue weighted by atomic mass is 10.2. The number of nitrogens with two attached hydrogens (primary N) is 1. The molecule has 174 valence electrons. The van der Waals surface area contributed by atoms with Crippen molar-refractivity contribution in [3.63, 3.8) is 0 Å². The van der Waals surface area contributed by atoms with Crippen LogP contribution in [-0.2, 0) is 6.18 Å². The van der Waals surface area contributed by atoms with Crippen molar-refractivity contribution < 1.29 is 22.8 Å². The molecule has 33 heavy (non-hydrogen) atoms. The molecule has 3 aromatic rings. The smallest absolute Gasteiger partial charge is 0.342 e. The molecule has 2 amide bonds. The van der Waals surface area contributed by atoms with Crippen LogP contribution in [0.25, 0.3) is 0 Å². The Morgan fingerprint density at radius 1 is 1.12 bits per heavy atom. The Kier molecular flexibility index (Phi) is 7.68. The fourth-order valence-electron chi connectivity index (χ4n) is 2.42. The molecule has 3 heterocycles. The third-order valence-corrected chi connectivity index (χ3v) is 5.74. The van der Waals surface area contributed by atoms with Crippen LogP contribution in [0.5, 0.6) is 0 Å². The number of pyridine rings is 1. The molecule has 3 aromatic heterocycles. The summed E-state index contributed by atoms with van der Waals surface area (Å²) in [6.45, 7) is 1.64. The number of aromatic nitrogens is 4. The first-order valence-electron chi connectivity index (χ1n) is 8.83. The van der Waals surface area contributed by atoms with Crippen LogP contribution in [0, 0.1) is 0 Å². The Labute approximate surface area is 197 Å². The highest BCUT2D eigenvalue weighted by atomic mass is 35.5. The first-order chi connectivity index (χ1) is 15.6. The average molecular weight is 519 g/mol. The van der Waals surface area contributed by atoms with Gasteiger partial charge in [0.1, 0.15) is 33.5 Å². The maximum absolute atomic E-state index is 13.0. The largest absolute Gasteiger partial charge is 0.418 e. The van der Waals surface area contributed by atoms with Crippen LogP contribution in [0.15, 0.2) is 30.9 Å². The van der Waals surface area contributed by atoms with Gasteiger partial charge in [-0.05, 0) is 13.0 Å². The van der Waals surface area contributed by atoms with Gasteiger partial charge in [-0.3, -0.25) is 14.7 Å². The summed E-state index contributed by atoms with van der Waals surface area (Å²) in [5.74, 6) is -1.21. The van der Waals surface area contributed by atoms with E-state index < -0.39 is 34.6 Å². The summed E-state index contributed by atoms with van der Waals surface area (Å²) in [6, 6.07) is 1.44. The third-order valence-electron chi connectivity index (χ3n) is 3.93. The molecule has 1 unspecified atom stereocenters. The second-order valence-corrected chi connectivity index (χ2v) is 8.18. The van der Waals surface area contributed by atoms with Gasteiger partial charge >= 0.3 is 6.18 Å². The maximum Gasteiger partial charge on any atom is 0.418 e. The lowest BCUT2D eigenvalue weighted by molar-refractivity contribution is -0.137. The number of rotatable bonds is 7. The topological polar surface area (TPSA) is 148 Å². The zero-order chi connectivity index (χ0) is 24.2. The maximum atomic E-state index is 13.0. The summed E-state index contributed by atoms with van der Waals surface area (Å²) in [5, 5.41) is 10.1. The molecule has 0 aliphatic carbocycles. The van der Waals surface area contributed by atoms with Crippen molar-refractivity contribution in [2.24, 2.45) is 5.14 Å². The lowest BCUT2D eigenvalue weighted by Crippen LogP contribution is -2.27. The number of alkyl halides is 3. The molecule has 10 nitrogen and oxygen atoms in total. The van der Waals surface area contributed by atoms with E-state index in [0.717, 1.165) is 29.7 Å². The van der Waals surface area contributed by atoms with Crippen LogP contribution in [0.4, 0.5) is 24.8 Å². The van der Waals surface area contributed by atoms with Crippen molar-refractivity contribution in [1.82, 2.24) is 25.3 Å². The Hall–Kier alpha value is -3.01. The molecule has 3 rings (SSSR count). The Morgan fingerprint density at radius 2 is 1.88 bits per heavy atom. The van der Waals surface area contributed by atoms with Gasteiger partial charge in [0, 0.05) is 24.4 Å². The minimum atomic E-state index is -4.70. The number of hydrogen-bond donors (Lipinski definition) is 4. The highest BCUT2D eigenvalue weighted by Crippen LogP contribution is 2.35. The van der Waals surface area contributed by atoms with Gasteiger partial charge in [0.05, 0.1) is 22.8 Å². The van der Waals surface area contributed by atoms with Gasteiger partial charge < -0.3 is 15.4 Å². The fourth-order valence-corrected chi connectivity index (χ4v) is 3.68. The summed E-state index contributed by atoms with van der Waals surface area (Å²) in [7, 11) is 0. The number of nitrogens with one attached hydrogen (secondary N) is 3. The molecular formula is C17H14ClF3N8O2S2. The standard InChI is InChI=1S/C17H14ClF3N8O2S2/c1-7(27-14(30)10-3-13(29-33-22)26-6-25-10)16-24-5-11(32-16)15(31)28-12-2-8(17(19,20)21)9(18)4-23-12/h2-7H,22H2,1H3,(H,27,30)(H,23,28,31)(H,25,26,29). The highest BCUT2D eigenvalue weighted by molar-refractivity contribution is 7.98. The number of anilines is 2. The van der Waals surface area contributed by atoms with E-state index in [-0.39, 0.29) is 16.4 Å². The Morgan fingerprint density at radius 3 is 2.58 bits per heavy atom. The van der Waals surface area contributed by atoms with E-state index in [1.165, 1.54) is 18.6 Å². The van der Waals surface area contributed by atoms with Crippen LogP contribution in [-0.4, -0.2) is 31.8 Å². The number of hydrogen-bond acceptors (Lipinski definition) is 10. The molecule has 16 heteroatoms. The van der Waals surface area contributed by atoms with Crippen molar-refractivity contribution in [2.45, 2.75) is 19.1 Å². The van der Waals surface area contributed by atoms with Crippen LogP contribution < -0.4 is 20.5 Å². The third kappa shape index (κ3) is 6.28. The number of carbonyl (C=O) groups is 2. The zero-order valence-corrected chi connectivity index (χ0v) is 18.9. The Balaban J connectivity index is 1.67. The van der Waals surface area contributed by atoms with E-state index in [4.69, 9.17) is 16.7 Å². The monoisotopic (exact) mass is 518 g/mol. The first-order valence-corrected chi connectivity index (χ1v) is 10.9. The van der Waals surface area contributed by atoms with E-state index in [1.807, 2.05) is 0 Å². The predicted molar refractivity (Wildman–Crippen MR) is 118 cm³/mol. The summed E-state index contributed by atoms with van der Waals surface area (Å²) >= 11 is 7.29. The molecule has 0 aliphatic rings. The number of amides is 2. The van der Waals surface area contributed by atoms with Crippen molar-refractivity contribution in [3.8, 4) is 0 Å². The van der Waals surface area contributed by atoms with Crippen LogP contribution >= 0.6 is 35.1 Å². The van der Waals surface area contributed by atoms with Gasteiger partial charge in [-0.25, -0.2) is 19.9 Å². The normalized spacial score (nSPS) is 12.2. The second-order valence-electron chi connectivity index (χ2n) is 6.27. The van der Waals surface area contributed by atoms with Gasteiger partial charge in [0.2, 0.25) is 0 Å². The minimum absolute atomic E-state index is 0.0807. The first kappa shape index (κ1) is 24.6. The van der Waals surface area contributed by atoms with Gasteiger partial charge in [-0.15, -0.1) is 11.3 Å². The van der Waals surface area contributed by atoms with E-state index in [2.05, 4.69) is 35.3 Å². The number of thiazole rings is 1. The fraction of sp³-hybridized carbons (Fsp3) is 0.176. The SMILES string of the molecule is CC(NC(=O)c1cc(NSN)ncn1)c1ncc(C(=O)Nc2cc(C(F)(F)F)c(Cl)cn2)s1. The van der Waals surface area contributed by atoms with Crippen molar-refractivity contribution >= 4 is 58.5 Å². The summed E-state index contributed by atoms with van der Waals surface area (Å²) in [5.41, 5.74) is -1.04. The second kappa shape index (κ2) is 10.3. The molecule has 0 bridgehead atoms. The van der Waals surface area contributed by atoms with Crippen LogP contribution in [0.1, 0.15) is 43.7 Å². The van der Waals surface area contributed by atoms with E-state index >= 15 is 0 Å². The number of halogens is 4. The quantitative estimate of drug-likeness (QED) is 0.344. The molecule has 1 atom stereocenters. The number of nitrogens with zero attached hydrogens (tertiary/aromatic N) is 4. The molecule has 5 N–H and O–H groups in total. The van der Waals surface area contributed by atoms with Crippen LogP contribution in [0.2, 0.25) is 5.02 Å². The van der Waals surface area contributed by atoms with Crippen molar-refractivity contribution in [2.75, 3.05) is 10.0 Å². The summed E-state index contributed by atoms with van der Waals surface area (Å²) in [4.78, 5) is 40.5. The van der Waals surface area contributed by atoms with E-state index in [0.29, 0.717) is 16.9 Å². The molecule has 0 saturated heterocycles. The summed E-state index contributed by atoms with van der Waals surface area (Å²) in [6.07, 6.45) is -1.47. The molecule has 0 fully saturated rings. The minimum Gasteiger partial charge on any atom is -0.342 e. The van der Waals surface area contributed by atoms with Gasteiger partial charge in [-0.2, -0.15) is 13.2 Å². The predicted octanol–water partition coefficient (Wildman–Crippen LogP) is 3.68. The molecule has 0 saturated carbocycles.